The molecule has 0 radical (unpaired) electrons. The topological polar surface area (TPSA) is 71.1 Å². The molecule has 5 nitrogen and oxygen atoms in total. The fourth-order valence-corrected chi connectivity index (χ4v) is 2.53. The number of aromatic nitrogens is 1. The van der Waals surface area contributed by atoms with Gasteiger partial charge in [-0.05, 0) is 49.4 Å². The Morgan fingerprint density at radius 1 is 1.00 bits per heavy atom. The molecule has 0 unspecified atom stereocenters. The highest BCUT2D eigenvalue weighted by Gasteiger charge is 2.09. The highest BCUT2D eigenvalue weighted by molar-refractivity contribution is 6.31. The largest absolute Gasteiger partial charge is 0.354 e. The average molecular weight is 384 g/mol. The predicted molar refractivity (Wildman–Crippen MR) is 103 cm³/mol. The van der Waals surface area contributed by atoms with E-state index in [1.165, 1.54) is 25.3 Å². The molecule has 7 heteroatoms. The molecule has 27 heavy (non-hydrogen) atoms. The van der Waals surface area contributed by atoms with Gasteiger partial charge in [-0.3, -0.25) is 9.59 Å². The highest BCUT2D eigenvalue weighted by atomic mass is 35.5. The van der Waals surface area contributed by atoms with Gasteiger partial charge in [0.15, 0.2) is 5.78 Å². The van der Waals surface area contributed by atoms with Gasteiger partial charge >= 0.3 is 0 Å². The molecule has 0 saturated carbocycles. The Bertz CT molecular complexity index is 1010. The highest BCUT2D eigenvalue weighted by Crippen LogP contribution is 2.22. The van der Waals surface area contributed by atoms with E-state index in [1.54, 1.807) is 42.5 Å². The van der Waals surface area contributed by atoms with Gasteiger partial charge < -0.3 is 10.6 Å². The zero-order valence-corrected chi connectivity index (χ0v) is 15.0. The number of carbonyl (C=O) groups excluding carboxylic acids is 2. The summed E-state index contributed by atoms with van der Waals surface area (Å²) in [7, 11) is 0. The average Bonchev–Trinajstić information content (AvgIpc) is 2.65. The maximum atomic E-state index is 13.2. The number of hydrogen-bond acceptors (Lipinski definition) is 4. The normalized spacial score (nSPS) is 10.3. The molecule has 0 aliphatic heterocycles. The lowest BCUT2D eigenvalue weighted by atomic mass is 10.1. The van der Waals surface area contributed by atoms with E-state index in [1.807, 2.05) is 0 Å². The van der Waals surface area contributed by atoms with Crippen LogP contribution in [-0.4, -0.2) is 16.7 Å². The molecule has 3 aromatic rings. The molecule has 1 amide bonds. The smallest absolute Gasteiger partial charge is 0.274 e. The van der Waals surface area contributed by atoms with Gasteiger partial charge in [0.05, 0.1) is 16.9 Å². The molecule has 3 rings (SSSR count). The van der Waals surface area contributed by atoms with Gasteiger partial charge in [0, 0.05) is 16.9 Å². The first-order valence-electron chi connectivity index (χ1n) is 8.03. The predicted octanol–water partition coefficient (Wildman–Crippen LogP) is 5.07. The second-order valence-electron chi connectivity index (χ2n) is 5.78. The SMILES string of the molecule is CC(=O)c1cccc(NC(=O)c2ccc(Nc3ccc(F)c(Cl)c3)cn2)c1. The van der Waals surface area contributed by atoms with Gasteiger partial charge in [0.25, 0.3) is 5.91 Å². The van der Waals surface area contributed by atoms with Crippen molar-refractivity contribution in [1.82, 2.24) is 4.98 Å². The third-order valence-electron chi connectivity index (χ3n) is 3.73. The number of benzene rings is 2. The lowest BCUT2D eigenvalue weighted by molar-refractivity contribution is 0.100. The fourth-order valence-electron chi connectivity index (χ4n) is 2.35. The van der Waals surface area contributed by atoms with Crippen LogP contribution >= 0.6 is 11.6 Å². The van der Waals surface area contributed by atoms with Crippen molar-refractivity contribution in [3.63, 3.8) is 0 Å². The minimum absolute atomic E-state index is 0.0109. The number of anilines is 3. The summed E-state index contributed by atoms with van der Waals surface area (Å²) in [5.41, 5.74) is 2.45. The van der Waals surface area contributed by atoms with Crippen molar-refractivity contribution in [2.75, 3.05) is 10.6 Å². The maximum absolute atomic E-state index is 13.2. The number of nitrogens with one attached hydrogen (secondary N) is 2. The molecule has 2 N–H and O–H groups in total. The minimum atomic E-state index is -0.499. The van der Waals surface area contributed by atoms with Crippen molar-refractivity contribution in [3.8, 4) is 0 Å². The Morgan fingerprint density at radius 2 is 1.78 bits per heavy atom. The zero-order chi connectivity index (χ0) is 19.4. The first-order valence-corrected chi connectivity index (χ1v) is 8.40. The summed E-state index contributed by atoms with van der Waals surface area (Å²) < 4.78 is 13.2. The van der Waals surface area contributed by atoms with Crippen LogP contribution in [0.15, 0.2) is 60.8 Å². The molecule has 1 aromatic heterocycles. The Labute approximate surface area is 160 Å². The molecule has 0 aliphatic carbocycles. The van der Waals surface area contributed by atoms with Crippen LogP contribution in [0, 0.1) is 5.82 Å². The monoisotopic (exact) mass is 383 g/mol. The first-order chi connectivity index (χ1) is 12.9. The minimum Gasteiger partial charge on any atom is -0.354 e. The standard InChI is InChI=1S/C20H15ClFN3O2/c1-12(26)13-3-2-4-14(9-13)25-20(27)19-8-6-16(11-23-19)24-15-5-7-18(22)17(21)10-15/h2-11,24H,1H3,(H,25,27). The number of amides is 1. The van der Waals surface area contributed by atoms with Crippen LogP contribution in [0.3, 0.4) is 0 Å². The molecule has 0 spiro atoms. The quantitative estimate of drug-likeness (QED) is 0.603. The third-order valence-corrected chi connectivity index (χ3v) is 4.02. The number of halogens is 2. The van der Waals surface area contributed by atoms with Crippen LogP contribution in [0.1, 0.15) is 27.8 Å². The van der Waals surface area contributed by atoms with Crippen LogP contribution in [0.2, 0.25) is 5.02 Å². The molecule has 2 aromatic carbocycles. The zero-order valence-electron chi connectivity index (χ0n) is 14.3. The number of pyridine rings is 1. The maximum Gasteiger partial charge on any atom is 0.274 e. The molecule has 0 bridgehead atoms. The summed E-state index contributed by atoms with van der Waals surface area (Å²) in [6.45, 7) is 1.46. The van der Waals surface area contributed by atoms with Crippen LogP contribution < -0.4 is 10.6 Å². The van der Waals surface area contributed by atoms with E-state index in [2.05, 4.69) is 15.6 Å². The van der Waals surface area contributed by atoms with Crippen LogP contribution in [0.4, 0.5) is 21.5 Å². The molecule has 0 aliphatic rings. The van der Waals surface area contributed by atoms with Gasteiger partial charge in [0.1, 0.15) is 11.5 Å². The van der Waals surface area contributed by atoms with Gasteiger partial charge in [-0.1, -0.05) is 23.7 Å². The van der Waals surface area contributed by atoms with Gasteiger partial charge in [-0.2, -0.15) is 0 Å². The number of carbonyl (C=O) groups is 2. The van der Waals surface area contributed by atoms with Crippen molar-refractivity contribution in [1.29, 1.82) is 0 Å². The summed E-state index contributed by atoms with van der Waals surface area (Å²) in [6.07, 6.45) is 1.48. The number of rotatable bonds is 5. The van der Waals surface area contributed by atoms with E-state index in [0.29, 0.717) is 22.6 Å². The lowest BCUT2D eigenvalue weighted by Crippen LogP contribution is -2.14. The summed E-state index contributed by atoms with van der Waals surface area (Å²) in [5.74, 6) is -0.978. The molecular weight excluding hydrogens is 369 g/mol. The van der Waals surface area contributed by atoms with Gasteiger partial charge in [-0.15, -0.1) is 0 Å². The van der Waals surface area contributed by atoms with E-state index in [0.717, 1.165) is 0 Å². The van der Waals surface area contributed by atoms with E-state index in [4.69, 9.17) is 11.6 Å². The molecule has 0 atom stereocenters. The molecule has 0 saturated heterocycles. The van der Waals surface area contributed by atoms with Crippen LogP contribution in [0.25, 0.3) is 0 Å². The molecule has 0 fully saturated rings. The number of hydrogen-bond donors (Lipinski definition) is 2. The van der Waals surface area contributed by atoms with Gasteiger partial charge in [-0.25, -0.2) is 9.37 Å². The lowest BCUT2D eigenvalue weighted by Gasteiger charge is -2.09. The third kappa shape index (κ3) is 4.68. The van der Waals surface area contributed by atoms with E-state index in [-0.39, 0.29) is 16.5 Å². The first kappa shape index (κ1) is 18.5. The van der Waals surface area contributed by atoms with E-state index < -0.39 is 11.7 Å². The Morgan fingerprint density at radius 3 is 2.44 bits per heavy atom. The molecule has 1 heterocycles. The van der Waals surface area contributed by atoms with E-state index in [9.17, 15) is 14.0 Å². The van der Waals surface area contributed by atoms with Crippen molar-refractivity contribution in [2.24, 2.45) is 0 Å². The van der Waals surface area contributed by atoms with Crippen LogP contribution in [0.5, 0.6) is 0 Å². The number of Topliss-reactive ketones (excluding diaryl/α,β-unsaturated/α-hetero) is 1. The van der Waals surface area contributed by atoms with Gasteiger partial charge in [0.2, 0.25) is 0 Å². The molecular formula is C20H15ClFN3O2. The van der Waals surface area contributed by atoms with E-state index >= 15 is 0 Å². The number of nitrogens with zero attached hydrogens (tertiary/aromatic N) is 1. The van der Waals surface area contributed by atoms with Crippen molar-refractivity contribution >= 4 is 40.4 Å². The summed E-state index contributed by atoms with van der Waals surface area (Å²) >= 11 is 5.75. The second kappa shape index (κ2) is 7.97. The Balaban J connectivity index is 1.69. The summed E-state index contributed by atoms with van der Waals surface area (Å²) in [5, 5.41) is 5.74. The number of ketones is 1. The molecule has 136 valence electrons. The van der Waals surface area contributed by atoms with Crippen molar-refractivity contribution < 1.29 is 14.0 Å². The van der Waals surface area contributed by atoms with Crippen LogP contribution in [-0.2, 0) is 0 Å². The van der Waals surface area contributed by atoms with Crippen molar-refractivity contribution in [2.45, 2.75) is 6.92 Å². The van der Waals surface area contributed by atoms with Crippen molar-refractivity contribution in [3.05, 3.63) is 82.9 Å². The summed E-state index contributed by atoms with van der Waals surface area (Å²) in [4.78, 5) is 27.8. The fraction of sp³-hybridized carbons (Fsp3) is 0.0500. The Kier molecular flexibility index (Phi) is 5.47. The Hall–Kier alpha value is -3.25. The summed E-state index contributed by atoms with van der Waals surface area (Å²) in [6, 6.07) is 14.2. The second-order valence-corrected chi connectivity index (χ2v) is 6.18.